The number of carbonyl (C=O) groups excluding carboxylic acids is 1. The van der Waals surface area contributed by atoms with Gasteiger partial charge in [-0.1, -0.05) is 44.2 Å². The maximum absolute atomic E-state index is 11.4. The van der Waals surface area contributed by atoms with Crippen molar-refractivity contribution in [1.82, 2.24) is 0 Å². The molecule has 2 rings (SSSR count). The van der Waals surface area contributed by atoms with Crippen LogP contribution in [0.25, 0.3) is 0 Å². The molecule has 0 spiro atoms. The molecule has 0 bridgehead atoms. The molecule has 2 aromatic carbocycles. The van der Waals surface area contributed by atoms with Crippen molar-refractivity contribution in [2.45, 2.75) is 20.3 Å². The van der Waals surface area contributed by atoms with E-state index < -0.39 is 8.15 Å². The van der Waals surface area contributed by atoms with Gasteiger partial charge in [-0.25, -0.2) is 0 Å². The van der Waals surface area contributed by atoms with Gasteiger partial charge in [-0.15, -0.1) is 0 Å². The molecule has 0 saturated carbocycles. The number of aldehydes is 1. The standard InChI is InChI=1S/C20H25O4P.Li.H/c1-15(2)10-11-24-25(16-8-6-5-7-9-16)17-12-19(22-3)18(14-21)20(13-17)23-4;;/h5-9,12-15H,10-11H2,1-4H3;;/q;+1;-1. The first kappa shape index (κ1) is 22.7. The van der Waals surface area contributed by atoms with Crippen LogP contribution >= 0.6 is 8.15 Å². The van der Waals surface area contributed by atoms with Gasteiger partial charge in [0.25, 0.3) is 0 Å². The minimum atomic E-state index is -1.02. The Morgan fingerprint density at radius 1 is 1.04 bits per heavy atom. The summed E-state index contributed by atoms with van der Waals surface area (Å²) < 4.78 is 17.0. The largest absolute Gasteiger partial charge is 1.00 e. The zero-order chi connectivity index (χ0) is 18.2. The summed E-state index contributed by atoms with van der Waals surface area (Å²) in [7, 11) is 2.08. The minimum absolute atomic E-state index is 0. The van der Waals surface area contributed by atoms with Crippen LogP contribution in [0.4, 0.5) is 0 Å². The van der Waals surface area contributed by atoms with Crippen molar-refractivity contribution in [2.24, 2.45) is 5.92 Å². The second kappa shape index (κ2) is 11.4. The molecular weight excluding hydrogens is 342 g/mol. The zero-order valence-electron chi connectivity index (χ0n) is 17.2. The predicted octanol–water partition coefficient (Wildman–Crippen LogP) is 1.04. The van der Waals surface area contributed by atoms with Gasteiger partial charge in [-0.2, -0.15) is 0 Å². The van der Waals surface area contributed by atoms with E-state index in [-0.39, 0.29) is 20.3 Å². The summed E-state index contributed by atoms with van der Waals surface area (Å²) in [5.41, 5.74) is 0.416. The van der Waals surface area contributed by atoms with E-state index >= 15 is 0 Å². The van der Waals surface area contributed by atoms with Gasteiger partial charge < -0.3 is 15.4 Å². The fraction of sp³-hybridized carbons (Fsp3) is 0.350. The molecule has 0 N–H and O–H groups in total. The smallest absolute Gasteiger partial charge is 1.00 e. The molecule has 4 nitrogen and oxygen atoms in total. The van der Waals surface area contributed by atoms with E-state index in [2.05, 4.69) is 26.0 Å². The third kappa shape index (κ3) is 5.86. The molecular formula is C20H26LiO4P. The molecule has 0 aliphatic rings. The van der Waals surface area contributed by atoms with Gasteiger partial charge >= 0.3 is 18.9 Å². The summed E-state index contributed by atoms with van der Waals surface area (Å²) in [4.78, 5) is 11.4. The molecule has 0 saturated heterocycles. The average Bonchev–Trinajstić information content (AvgIpc) is 2.64. The summed E-state index contributed by atoms with van der Waals surface area (Å²) in [6.07, 6.45) is 1.75. The fourth-order valence-electron chi connectivity index (χ4n) is 2.40. The molecule has 0 aliphatic heterocycles. The van der Waals surface area contributed by atoms with Crippen LogP contribution in [0.5, 0.6) is 11.5 Å². The molecule has 0 radical (unpaired) electrons. The van der Waals surface area contributed by atoms with Crippen molar-refractivity contribution < 1.29 is 39.1 Å². The second-order valence-electron chi connectivity index (χ2n) is 6.03. The molecule has 136 valence electrons. The molecule has 0 aliphatic carbocycles. The van der Waals surface area contributed by atoms with Crippen molar-refractivity contribution in [2.75, 3.05) is 20.8 Å². The summed E-state index contributed by atoms with van der Waals surface area (Å²) >= 11 is 0. The van der Waals surface area contributed by atoms with Gasteiger partial charge in [-0.3, -0.25) is 4.79 Å². The van der Waals surface area contributed by atoms with Crippen LogP contribution < -0.4 is 38.9 Å². The monoisotopic (exact) mass is 368 g/mol. The van der Waals surface area contributed by atoms with E-state index in [1.807, 2.05) is 30.3 Å². The van der Waals surface area contributed by atoms with Crippen molar-refractivity contribution in [3.63, 3.8) is 0 Å². The van der Waals surface area contributed by atoms with Gasteiger partial charge in [0, 0.05) is 10.6 Å². The first-order valence-corrected chi connectivity index (χ1v) is 9.56. The quantitative estimate of drug-likeness (QED) is 0.377. The molecule has 6 heteroatoms. The molecule has 26 heavy (non-hydrogen) atoms. The van der Waals surface area contributed by atoms with Crippen LogP contribution in [0.2, 0.25) is 0 Å². The molecule has 0 fully saturated rings. The molecule has 0 aromatic heterocycles. The Balaban J connectivity index is 0.00000338. The van der Waals surface area contributed by atoms with Crippen molar-refractivity contribution >= 4 is 25.0 Å². The second-order valence-corrected chi connectivity index (χ2v) is 7.91. The summed E-state index contributed by atoms with van der Waals surface area (Å²) in [5.74, 6) is 1.58. The number of hydrogen-bond acceptors (Lipinski definition) is 4. The number of hydrogen-bond donors (Lipinski definition) is 0. The third-order valence-corrected chi connectivity index (χ3v) is 5.72. The van der Waals surface area contributed by atoms with E-state index in [1.54, 1.807) is 14.2 Å². The summed E-state index contributed by atoms with van der Waals surface area (Å²) in [6, 6.07) is 13.9. The first-order valence-electron chi connectivity index (χ1n) is 8.30. The zero-order valence-corrected chi connectivity index (χ0v) is 17.1. The Labute approximate surface area is 170 Å². The molecule has 2 aromatic rings. The number of rotatable bonds is 9. The van der Waals surface area contributed by atoms with Gasteiger partial charge in [-0.05, 0) is 24.5 Å². The van der Waals surface area contributed by atoms with E-state index in [0.29, 0.717) is 29.6 Å². The maximum Gasteiger partial charge on any atom is 1.00 e. The molecule has 0 amide bonds. The predicted molar refractivity (Wildman–Crippen MR) is 104 cm³/mol. The SMILES string of the molecule is COc1cc(P(OCCC(C)C)c2ccccc2)cc(OC)c1C=O.[H-].[Li+]. The Morgan fingerprint density at radius 2 is 1.62 bits per heavy atom. The molecule has 0 heterocycles. The Hall–Kier alpha value is -1.30. The van der Waals surface area contributed by atoms with E-state index in [1.165, 1.54) is 0 Å². The van der Waals surface area contributed by atoms with E-state index in [4.69, 9.17) is 14.0 Å². The van der Waals surface area contributed by atoms with Crippen molar-refractivity contribution in [3.8, 4) is 11.5 Å². The van der Waals surface area contributed by atoms with Gasteiger partial charge in [0.1, 0.15) is 11.5 Å². The average molecular weight is 368 g/mol. The van der Waals surface area contributed by atoms with Crippen LogP contribution in [-0.4, -0.2) is 27.1 Å². The van der Waals surface area contributed by atoms with Gasteiger partial charge in [0.2, 0.25) is 0 Å². The molecule has 1 unspecified atom stereocenters. The van der Waals surface area contributed by atoms with Crippen LogP contribution in [-0.2, 0) is 4.52 Å². The fourth-order valence-corrected chi connectivity index (χ4v) is 4.20. The van der Waals surface area contributed by atoms with Crippen molar-refractivity contribution in [1.29, 1.82) is 0 Å². The van der Waals surface area contributed by atoms with Crippen LogP contribution in [0.3, 0.4) is 0 Å². The number of benzene rings is 2. The van der Waals surface area contributed by atoms with Crippen LogP contribution in [0.1, 0.15) is 32.1 Å². The number of methoxy groups -OCH3 is 2. The number of carbonyl (C=O) groups is 1. The Kier molecular flexibility index (Phi) is 9.99. The molecule has 1 atom stereocenters. The van der Waals surface area contributed by atoms with Crippen LogP contribution in [0.15, 0.2) is 42.5 Å². The van der Waals surface area contributed by atoms with Gasteiger partial charge in [0.05, 0.1) is 34.5 Å². The topological polar surface area (TPSA) is 44.8 Å². The van der Waals surface area contributed by atoms with Crippen molar-refractivity contribution in [3.05, 3.63) is 48.0 Å². The maximum atomic E-state index is 11.4. The minimum Gasteiger partial charge on any atom is -1.00 e. The summed E-state index contributed by atoms with van der Waals surface area (Å²) in [5, 5.41) is 2.08. The number of ether oxygens (including phenoxy) is 2. The normalized spacial score (nSPS) is 11.6. The van der Waals surface area contributed by atoms with Crippen LogP contribution in [0, 0.1) is 5.92 Å². The first-order chi connectivity index (χ1) is 12.1. The van der Waals surface area contributed by atoms with E-state index in [9.17, 15) is 4.79 Å². The third-order valence-electron chi connectivity index (χ3n) is 3.79. The van der Waals surface area contributed by atoms with E-state index in [0.717, 1.165) is 23.3 Å². The Morgan fingerprint density at radius 3 is 2.08 bits per heavy atom. The summed E-state index contributed by atoms with van der Waals surface area (Å²) in [6.45, 7) is 5.04. The Bertz CT molecular complexity index is 673. The van der Waals surface area contributed by atoms with Gasteiger partial charge in [0.15, 0.2) is 6.29 Å².